The van der Waals surface area contributed by atoms with Crippen LogP contribution in [0.2, 0.25) is 0 Å². The fraction of sp³-hybridized carbons (Fsp3) is 0.588. The van der Waals surface area contributed by atoms with Crippen molar-refractivity contribution in [3.05, 3.63) is 24.3 Å². The summed E-state index contributed by atoms with van der Waals surface area (Å²) in [5.74, 6) is 0. The Hall–Kier alpha value is -1.75. The van der Waals surface area contributed by atoms with Gasteiger partial charge >= 0.3 is 6.03 Å². The first kappa shape index (κ1) is 18.3. The van der Waals surface area contributed by atoms with Crippen molar-refractivity contribution >= 4 is 17.4 Å². The van der Waals surface area contributed by atoms with Gasteiger partial charge in [0.05, 0.1) is 6.10 Å². The number of rotatable bonds is 8. The molecule has 0 heterocycles. The Labute approximate surface area is 133 Å². The monoisotopic (exact) mass is 307 g/mol. The number of aliphatic hydroxyl groups is 1. The lowest BCUT2D eigenvalue weighted by Gasteiger charge is -2.20. The number of carbonyl (C=O) groups is 1. The van der Waals surface area contributed by atoms with Gasteiger partial charge in [-0.25, -0.2) is 4.79 Å². The van der Waals surface area contributed by atoms with Crippen molar-refractivity contribution in [1.29, 1.82) is 0 Å². The molecule has 22 heavy (non-hydrogen) atoms. The van der Waals surface area contributed by atoms with Crippen molar-refractivity contribution in [1.82, 2.24) is 4.90 Å². The zero-order valence-electron chi connectivity index (χ0n) is 14.2. The summed E-state index contributed by atoms with van der Waals surface area (Å²) in [6.45, 7) is 5.46. The van der Waals surface area contributed by atoms with Gasteiger partial charge in [0.2, 0.25) is 0 Å². The minimum atomic E-state index is -0.395. The van der Waals surface area contributed by atoms with Crippen LogP contribution < -0.4 is 10.2 Å². The van der Waals surface area contributed by atoms with Crippen molar-refractivity contribution in [2.75, 3.05) is 37.4 Å². The molecule has 0 aliphatic heterocycles. The highest BCUT2D eigenvalue weighted by Gasteiger charge is 2.10. The second-order valence-electron chi connectivity index (χ2n) is 5.81. The molecule has 0 aromatic heterocycles. The highest BCUT2D eigenvalue weighted by atomic mass is 16.3. The van der Waals surface area contributed by atoms with Gasteiger partial charge in [-0.3, -0.25) is 0 Å². The lowest BCUT2D eigenvalue weighted by atomic mass is 10.2. The highest BCUT2D eigenvalue weighted by Crippen LogP contribution is 2.17. The number of anilines is 2. The summed E-state index contributed by atoms with van der Waals surface area (Å²) < 4.78 is 0. The quantitative estimate of drug-likeness (QED) is 0.775. The molecule has 0 fully saturated rings. The maximum atomic E-state index is 12.0. The number of nitrogens with one attached hydrogen (secondary N) is 1. The Bertz CT molecular complexity index is 446. The van der Waals surface area contributed by atoms with E-state index in [1.807, 2.05) is 24.3 Å². The molecule has 124 valence electrons. The number of amides is 2. The molecule has 0 spiro atoms. The van der Waals surface area contributed by atoms with Gasteiger partial charge in [-0.05, 0) is 44.0 Å². The largest absolute Gasteiger partial charge is 0.393 e. The topological polar surface area (TPSA) is 55.8 Å². The summed E-state index contributed by atoms with van der Waals surface area (Å²) in [7, 11) is 3.80. The number of aliphatic hydroxyl groups excluding tert-OH is 1. The molecule has 5 nitrogen and oxygen atoms in total. The lowest BCUT2D eigenvalue weighted by Crippen LogP contribution is -2.33. The minimum Gasteiger partial charge on any atom is -0.393 e. The molecule has 5 heteroatoms. The lowest BCUT2D eigenvalue weighted by molar-refractivity contribution is 0.167. The molecule has 0 aliphatic rings. The van der Waals surface area contributed by atoms with Crippen LogP contribution in [-0.4, -0.2) is 49.3 Å². The predicted molar refractivity (Wildman–Crippen MR) is 92.6 cm³/mol. The van der Waals surface area contributed by atoms with E-state index in [0.717, 1.165) is 17.9 Å². The Morgan fingerprint density at radius 1 is 1.23 bits per heavy atom. The Morgan fingerprint density at radius 2 is 1.86 bits per heavy atom. The summed E-state index contributed by atoms with van der Waals surface area (Å²) in [5, 5.41) is 12.1. The van der Waals surface area contributed by atoms with E-state index in [0.29, 0.717) is 13.0 Å². The fourth-order valence-electron chi connectivity index (χ4n) is 2.02. The molecule has 1 aromatic rings. The van der Waals surface area contributed by atoms with E-state index < -0.39 is 6.10 Å². The average molecular weight is 307 g/mol. The second-order valence-corrected chi connectivity index (χ2v) is 5.81. The SMILES string of the molecule is CCCCN(C)c1ccc(NC(=O)N(C)CCC(C)O)cc1. The molecule has 1 atom stereocenters. The van der Waals surface area contributed by atoms with Gasteiger partial charge in [0.15, 0.2) is 0 Å². The van der Waals surface area contributed by atoms with Crippen LogP contribution in [0.25, 0.3) is 0 Å². The van der Waals surface area contributed by atoms with Crippen LogP contribution in [0.4, 0.5) is 16.2 Å². The second kappa shape index (κ2) is 9.30. The molecule has 0 saturated carbocycles. The summed E-state index contributed by atoms with van der Waals surface area (Å²) >= 11 is 0. The van der Waals surface area contributed by atoms with Crippen LogP contribution in [0.5, 0.6) is 0 Å². The molecule has 2 amide bonds. The molecular formula is C17H29N3O2. The van der Waals surface area contributed by atoms with E-state index in [9.17, 15) is 9.90 Å². The Balaban J connectivity index is 2.51. The van der Waals surface area contributed by atoms with Gasteiger partial charge in [-0.1, -0.05) is 13.3 Å². The molecule has 0 bridgehead atoms. The predicted octanol–water partition coefficient (Wildman–Crippen LogP) is 3.16. The third-order valence-corrected chi connectivity index (χ3v) is 3.64. The van der Waals surface area contributed by atoms with Crippen LogP contribution >= 0.6 is 0 Å². The van der Waals surface area contributed by atoms with Gasteiger partial charge in [0.25, 0.3) is 0 Å². The third kappa shape index (κ3) is 6.35. The van der Waals surface area contributed by atoms with Crippen LogP contribution in [0, 0.1) is 0 Å². The third-order valence-electron chi connectivity index (χ3n) is 3.64. The number of benzene rings is 1. The van der Waals surface area contributed by atoms with Gasteiger partial charge < -0.3 is 20.2 Å². The van der Waals surface area contributed by atoms with Gasteiger partial charge in [-0.15, -0.1) is 0 Å². The van der Waals surface area contributed by atoms with E-state index in [1.54, 1.807) is 18.9 Å². The van der Waals surface area contributed by atoms with Crippen molar-refractivity contribution in [3.63, 3.8) is 0 Å². The molecule has 0 aliphatic carbocycles. The van der Waals surface area contributed by atoms with Crippen LogP contribution in [0.3, 0.4) is 0 Å². The summed E-state index contributed by atoms with van der Waals surface area (Å²) in [6.07, 6.45) is 2.53. The van der Waals surface area contributed by atoms with Crippen molar-refractivity contribution in [2.24, 2.45) is 0 Å². The van der Waals surface area contributed by atoms with E-state index >= 15 is 0 Å². The first-order chi connectivity index (χ1) is 10.4. The Morgan fingerprint density at radius 3 is 2.41 bits per heavy atom. The van der Waals surface area contributed by atoms with Crippen LogP contribution in [0.15, 0.2) is 24.3 Å². The first-order valence-corrected chi connectivity index (χ1v) is 7.95. The van der Waals surface area contributed by atoms with Gasteiger partial charge in [-0.2, -0.15) is 0 Å². The maximum Gasteiger partial charge on any atom is 0.321 e. The number of hydrogen-bond acceptors (Lipinski definition) is 3. The zero-order chi connectivity index (χ0) is 16.5. The van der Waals surface area contributed by atoms with E-state index in [2.05, 4.69) is 24.2 Å². The molecular weight excluding hydrogens is 278 g/mol. The molecule has 1 unspecified atom stereocenters. The smallest absolute Gasteiger partial charge is 0.321 e. The van der Waals surface area contributed by atoms with E-state index in [-0.39, 0.29) is 6.03 Å². The van der Waals surface area contributed by atoms with Crippen LogP contribution in [-0.2, 0) is 0 Å². The van der Waals surface area contributed by atoms with E-state index in [1.165, 1.54) is 12.8 Å². The standard InChI is InChI=1S/C17H29N3O2/c1-5-6-12-19(3)16-9-7-15(8-10-16)18-17(22)20(4)13-11-14(2)21/h7-10,14,21H,5-6,11-13H2,1-4H3,(H,18,22). The summed E-state index contributed by atoms with van der Waals surface area (Å²) in [6, 6.07) is 7.70. The van der Waals surface area contributed by atoms with Crippen molar-refractivity contribution in [2.45, 2.75) is 39.2 Å². The fourth-order valence-corrected chi connectivity index (χ4v) is 2.02. The number of urea groups is 1. The van der Waals surface area contributed by atoms with Gasteiger partial charge in [0, 0.05) is 38.6 Å². The summed E-state index contributed by atoms with van der Waals surface area (Å²) in [5.41, 5.74) is 1.93. The zero-order valence-corrected chi connectivity index (χ0v) is 14.2. The highest BCUT2D eigenvalue weighted by molar-refractivity contribution is 5.89. The molecule has 2 N–H and O–H groups in total. The number of unbranched alkanes of at least 4 members (excludes halogenated alkanes) is 1. The summed E-state index contributed by atoms with van der Waals surface area (Å²) in [4.78, 5) is 15.8. The normalized spacial score (nSPS) is 11.9. The van der Waals surface area contributed by atoms with Crippen molar-refractivity contribution < 1.29 is 9.90 Å². The van der Waals surface area contributed by atoms with E-state index in [4.69, 9.17) is 0 Å². The minimum absolute atomic E-state index is 0.160. The van der Waals surface area contributed by atoms with Gasteiger partial charge in [0.1, 0.15) is 0 Å². The molecule has 0 radical (unpaired) electrons. The molecule has 1 rings (SSSR count). The number of hydrogen-bond donors (Lipinski definition) is 2. The number of nitrogens with zero attached hydrogens (tertiary/aromatic N) is 2. The Kier molecular flexibility index (Phi) is 7.74. The molecule has 0 saturated heterocycles. The molecule has 1 aromatic carbocycles. The number of carbonyl (C=O) groups excluding carboxylic acids is 1. The first-order valence-electron chi connectivity index (χ1n) is 7.95. The maximum absolute atomic E-state index is 12.0. The van der Waals surface area contributed by atoms with Crippen LogP contribution in [0.1, 0.15) is 33.1 Å². The average Bonchev–Trinajstić information content (AvgIpc) is 2.50. The van der Waals surface area contributed by atoms with Crippen molar-refractivity contribution in [3.8, 4) is 0 Å².